The van der Waals surface area contributed by atoms with Crippen LogP contribution in [0.5, 0.6) is 5.75 Å². The summed E-state index contributed by atoms with van der Waals surface area (Å²) < 4.78 is 24.7. The Kier molecular flexibility index (Phi) is 2.80. The van der Waals surface area contributed by atoms with E-state index in [2.05, 4.69) is 4.98 Å². The van der Waals surface area contributed by atoms with Gasteiger partial charge in [-0.3, -0.25) is 4.79 Å². The van der Waals surface area contributed by atoms with Gasteiger partial charge < -0.3 is 10.8 Å². The number of hydrogen-bond acceptors (Lipinski definition) is 4. The third-order valence-electron chi connectivity index (χ3n) is 1.67. The molecule has 0 saturated heterocycles. The maximum Gasteiger partial charge on any atom is 0.266 e. The lowest BCUT2D eigenvalue weighted by atomic mass is 10.1. The fourth-order valence-corrected chi connectivity index (χ4v) is 1.02. The van der Waals surface area contributed by atoms with E-state index in [1.807, 2.05) is 0 Å². The van der Waals surface area contributed by atoms with Gasteiger partial charge in [-0.25, -0.2) is 13.8 Å². The highest BCUT2D eigenvalue weighted by atomic mass is 19.3. The van der Waals surface area contributed by atoms with E-state index >= 15 is 0 Å². The number of aromatic hydroxyl groups is 1. The minimum Gasteiger partial charge on any atom is -0.504 e. The molecule has 0 unspecified atom stereocenters. The molecule has 3 N–H and O–H groups in total. The Morgan fingerprint density at radius 3 is 2.67 bits per heavy atom. The highest BCUT2D eigenvalue weighted by molar-refractivity contribution is 5.97. The molecular weight excluding hydrogens is 208 g/mol. The molecule has 0 bridgehead atoms. The van der Waals surface area contributed by atoms with Crippen LogP contribution in [0, 0.1) is 11.3 Å². The molecule has 0 saturated carbocycles. The van der Waals surface area contributed by atoms with Gasteiger partial charge in [0.1, 0.15) is 6.07 Å². The zero-order chi connectivity index (χ0) is 11.6. The lowest BCUT2D eigenvalue weighted by Crippen LogP contribution is -2.15. The number of nitrogens with zero attached hydrogens (tertiary/aromatic N) is 2. The lowest BCUT2D eigenvalue weighted by molar-refractivity contribution is 0.0982. The van der Waals surface area contributed by atoms with Crippen molar-refractivity contribution in [2.75, 3.05) is 0 Å². The quantitative estimate of drug-likeness (QED) is 0.754. The number of nitriles is 1. The van der Waals surface area contributed by atoms with Crippen molar-refractivity contribution in [3.8, 4) is 11.8 Å². The first-order valence-corrected chi connectivity index (χ1v) is 3.69. The topological polar surface area (TPSA) is 100 Å². The van der Waals surface area contributed by atoms with Crippen molar-refractivity contribution in [2.45, 2.75) is 6.43 Å². The first-order chi connectivity index (χ1) is 6.99. The van der Waals surface area contributed by atoms with Gasteiger partial charge in [0.15, 0.2) is 11.4 Å². The third kappa shape index (κ3) is 1.83. The normalized spacial score (nSPS) is 10.0. The number of alkyl halides is 2. The molecule has 0 fully saturated rings. The highest BCUT2D eigenvalue weighted by Crippen LogP contribution is 2.29. The summed E-state index contributed by atoms with van der Waals surface area (Å²) in [5.74, 6) is -2.15. The van der Waals surface area contributed by atoms with E-state index in [9.17, 15) is 18.7 Å². The van der Waals surface area contributed by atoms with Gasteiger partial charge in [0.2, 0.25) is 0 Å². The number of pyridine rings is 1. The fourth-order valence-electron chi connectivity index (χ4n) is 1.02. The largest absolute Gasteiger partial charge is 0.504 e. The molecule has 15 heavy (non-hydrogen) atoms. The molecule has 1 aromatic heterocycles. The molecule has 1 rings (SSSR count). The molecular formula is C8H5F2N3O2. The van der Waals surface area contributed by atoms with Gasteiger partial charge in [0.05, 0.1) is 11.1 Å². The van der Waals surface area contributed by atoms with Crippen molar-refractivity contribution in [2.24, 2.45) is 5.73 Å². The fraction of sp³-hybridized carbons (Fsp3) is 0.125. The third-order valence-corrected chi connectivity index (χ3v) is 1.67. The molecule has 0 radical (unpaired) electrons. The van der Waals surface area contributed by atoms with Crippen molar-refractivity contribution in [3.63, 3.8) is 0 Å². The van der Waals surface area contributed by atoms with Crippen LogP contribution in [0.1, 0.15) is 28.0 Å². The van der Waals surface area contributed by atoms with Crippen molar-refractivity contribution < 1.29 is 18.7 Å². The molecule has 0 aromatic carbocycles. The van der Waals surface area contributed by atoms with Crippen molar-refractivity contribution >= 4 is 5.91 Å². The average Bonchev–Trinajstić information content (AvgIpc) is 2.16. The van der Waals surface area contributed by atoms with E-state index < -0.39 is 34.9 Å². The molecule has 0 aliphatic rings. The highest BCUT2D eigenvalue weighted by Gasteiger charge is 2.23. The summed E-state index contributed by atoms with van der Waals surface area (Å²) in [7, 11) is 0. The SMILES string of the molecule is N#Cc1ncc(C(F)F)c(C(N)=O)c1O. The average molecular weight is 213 g/mol. The summed E-state index contributed by atoms with van der Waals surface area (Å²) in [6, 6.07) is 1.44. The zero-order valence-electron chi connectivity index (χ0n) is 7.24. The number of carbonyl (C=O) groups is 1. The second kappa shape index (κ2) is 3.88. The Bertz CT molecular complexity index is 454. The number of aromatic nitrogens is 1. The molecule has 1 aromatic rings. The smallest absolute Gasteiger partial charge is 0.266 e. The van der Waals surface area contributed by atoms with E-state index in [0.29, 0.717) is 6.20 Å². The van der Waals surface area contributed by atoms with Crippen LogP contribution in [0.15, 0.2) is 6.20 Å². The predicted octanol–water partition coefficient (Wildman–Crippen LogP) is 0.695. The molecule has 1 amide bonds. The van der Waals surface area contributed by atoms with Crippen LogP contribution in [-0.4, -0.2) is 16.0 Å². The second-order valence-corrected chi connectivity index (χ2v) is 2.56. The second-order valence-electron chi connectivity index (χ2n) is 2.56. The van der Waals surface area contributed by atoms with Gasteiger partial charge >= 0.3 is 0 Å². The Morgan fingerprint density at radius 1 is 1.67 bits per heavy atom. The Labute approximate surface area is 82.8 Å². The molecule has 0 aliphatic carbocycles. The number of rotatable bonds is 2. The van der Waals surface area contributed by atoms with E-state index in [1.165, 1.54) is 6.07 Å². The minimum atomic E-state index is -3.00. The maximum atomic E-state index is 12.4. The monoisotopic (exact) mass is 213 g/mol. The summed E-state index contributed by atoms with van der Waals surface area (Å²) in [6.45, 7) is 0. The lowest BCUT2D eigenvalue weighted by Gasteiger charge is -2.07. The van der Waals surface area contributed by atoms with Crippen molar-refractivity contribution in [1.82, 2.24) is 4.98 Å². The van der Waals surface area contributed by atoms with Crippen LogP contribution >= 0.6 is 0 Å². The number of carbonyl (C=O) groups excluding carboxylic acids is 1. The van der Waals surface area contributed by atoms with Crippen LogP contribution in [0.25, 0.3) is 0 Å². The summed E-state index contributed by atoms with van der Waals surface area (Å²) in [6.07, 6.45) is -2.36. The standard InChI is InChI=1S/C8H5F2N3O2/c9-7(10)3-2-13-4(1-11)6(14)5(3)8(12)15/h2,7,14H,(H2,12,15). The first kappa shape index (κ1) is 10.8. The molecule has 0 spiro atoms. The maximum absolute atomic E-state index is 12.4. The van der Waals surface area contributed by atoms with Crippen LogP contribution in [0.3, 0.4) is 0 Å². The molecule has 78 valence electrons. The van der Waals surface area contributed by atoms with Gasteiger partial charge in [0.25, 0.3) is 12.3 Å². The van der Waals surface area contributed by atoms with Crippen LogP contribution < -0.4 is 5.73 Å². The van der Waals surface area contributed by atoms with Crippen molar-refractivity contribution in [1.29, 1.82) is 5.26 Å². The number of hydrogen-bond donors (Lipinski definition) is 2. The Hall–Kier alpha value is -2.23. The van der Waals surface area contributed by atoms with E-state index in [1.54, 1.807) is 0 Å². The van der Waals surface area contributed by atoms with Gasteiger partial charge in [-0.05, 0) is 0 Å². The number of amides is 1. The molecule has 0 aliphatic heterocycles. The summed E-state index contributed by atoms with van der Waals surface area (Å²) in [5, 5.41) is 17.7. The van der Waals surface area contributed by atoms with E-state index in [0.717, 1.165) is 0 Å². The summed E-state index contributed by atoms with van der Waals surface area (Å²) >= 11 is 0. The summed E-state index contributed by atoms with van der Waals surface area (Å²) in [5.41, 5.74) is 2.73. The Balaban J connectivity index is 3.53. The van der Waals surface area contributed by atoms with Gasteiger partial charge in [-0.1, -0.05) is 0 Å². The number of primary amides is 1. The number of halogens is 2. The summed E-state index contributed by atoms with van der Waals surface area (Å²) in [4.78, 5) is 14.1. The van der Waals surface area contributed by atoms with Crippen molar-refractivity contribution in [3.05, 3.63) is 23.0 Å². The van der Waals surface area contributed by atoms with Gasteiger partial charge in [0, 0.05) is 6.20 Å². The van der Waals surface area contributed by atoms with E-state index in [-0.39, 0.29) is 0 Å². The predicted molar refractivity (Wildman–Crippen MR) is 44.1 cm³/mol. The first-order valence-electron chi connectivity index (χ1n) is 3.69. The minimum absolute atomic E-state index is 0.520. The molecule has 1 heterocycles. The molecule has 5 nitrogen and oxygen atoms in total. The Morgan fingerprint density at radius 2 is 2.27 bits per heavy atom. The van der Waals surface area contributed by atoms with E-state index in [4.69, 9.17) is 11.0 Å². The van der Waals surface area contributed by atoms with Gasteiger partial charge in [-0.15, -0.1) is 0 Å². The van der Waals surface area contributed by atoms with Crippen LogP contribution in [0.4, 0.5) is 8.78 Å². The zero-order valence-corrected chi connectivity index (χ0v) is 7.24. The van der Waals surface area contributed by atoms with Crippen LogP contribution in [-0.2, 0) is 0 Å². The van der Waals surface area contributed by atoms with Crippen LogP contribution in [0.2, 0.25) is 0 Å². The molecule has 0 atom stereocenters. The van der Waals surface area contributed by atoms with Gasteiger partial charge in [-0.2, -0.15) is 5.26 Å². The molecule has 7 heteroatoms. The number of nitrogens with two attached hydrogens (primary N) is 1.